The molecule has 3 unspecified atom stereocenters. The van der Waals surface area contributed by atoms with Crippen molar-refractivity contribution in [3.63, 3.8) is 0 Å². The summed E-state index contributed by atoms with van der Waals surface area (Å²) in [5, 5.41) is 10.9. The SMILES string of the molecule is CC1CCC=C(C(O)[Si](C)(C)C)C1CCC1(C)OCC(C)(C)CO1. The molecule has 0 aromatic heterocycles. The molecule has 0 aromatic rings. The fraction of sp³-hybridized carbons (Fsp3) is 0.900. The van der Waals surface area contributed by atoms with Crippen LogP contribution in [-0.2, 0) is 9.47 Å². The van der Waals surface area contributed by atoms with Gasteiger partial charge in [0.2, 0.25) is 0 Å². The van der Waals surface area contributed by atoms with E-state index in [0.717, 1.165) is 32.5 Å². The minimum absolute atomic E-state index is 0.108. The molecule has 1 aliphatic carbocycles. The third-order valence-electron chi connectivity index (χ3n) is 5.70. The number of allylic oxidation sites excluding steroid dienone is 1. The quantitative estimate of drug-likeness (QED) is 0.571. The van der Waals surface area contributed by atoms with Crippen molar-refractivity contribution < 1.29 is 14.6 Å². The summed E-state index contributed by atoms with van der Waals surface area (Å²) in [6, 6.07) is 0. The van der Waals surface area contributed by atoms with Crippen LogP contribution in [0.3, 0.4) is 0 Å². The van der Waals surface area contributed by atoms with Crippen LogP contribution in [0.2, 0.25) is 19.6 Å². The molecule has 1 aliphatic heterocycles. The van der Waals surface area contributed by atoms with Crippen LogP contribution in [0.4, 0.5) is 0 Å². The molecule has 0 amide bonds. The van der Waals surface area contributed by atoms with Crippen LogP contribution in [0, 0.1) is 17.3 Å². The predicted octanol–water partition coefficient (Wildman–Crippen LogP) is 4.77. The second-order valence-electron chi connectivity index (χ2n) is 10.0. The van der Waals surface area contributed by atoms with Gasteiger partial charge in [-0.1, -0.05) is 46.5 Å². The maximum absolute atomic E-state index is 10.9. The molecule has 1 N–H and O–H groups in total. The Labute approximate surface area is 149 Å². The maximum atomic E-state index is 10.9. The molecule has 1 heterocycles. The summed E-state index contributed by atoms with van der Waals surface area (Å²) in [5.41, 5.74) is 1.18. The summed E-state index contributed by atoms with van der Waals surface area (Å²) in [7, 11) is -1.60. The highest BCUT2D eigenvalue weighted by molar-refractivity contribution is 6.77. The number of ether oxygens (including phenoxy) is 2. The van der Waals surface area contributed by atoms with Crippen LogP contribution in [0.5, 0.6) is 0 Å². The fourth-order valence-electron chi connectivity index (χ4n) is 3.80. The van der Waals surface area contributed by atoms with Crippen molar-refractivity contribution in [1.82, 2.24) is 0 Å². The smallest absolute Gasteiger partial charge is 0.165 e. The first-order chi connectivity index (χ1) is 10.9. The normalized spacial score (nSPS) is 31.4. The van der Waals surface area contributed by atoms with Gasteiger partial charge in [0.05, 0.1) is 27.0 Å². The van der Waals surface area contributed by atoms with Gasteiger partial charge in [0.15, 0.2) is 5.79 Å². The number of rotatable bonds is 5. The Bertz CT molecular complexity index is 454. The van der Waals surface area contributed by atoms with Gasteiger partial charge >= 0.3 is 0 Å². The van der Waals surface area contributed by atoms with Gasteiger partial charge in [0.1, 0.15) is 0 Å². The van der Waals surface area contributed by atoms with E-state index in [1.54, 1.807) is 0 Å². The van der Waals surface area contributed by atoms with Crippen LogP contribution in [0.15, 0.2) is 11.6 Å². The standard InChI is InChI=1S/C20H38O3Si/c1-15-9-8-10-17(18(21)24(5,6)7)16(15)11-12-20(4)22-13-19(2,3)14-23-20/h10,15-16,18,21H,8-9,11-14H2,1-7H3. The molecular formula is C20H38O3Si. The lowest BCUT2D eigenvalue weighted by atomic mass is 9.76. The van der Waals surface area contributed by atoms with E-state index >= 15 is 0 Å². The highest BCUT2D eigenvalue weighted by Gasteiger charge is 2.40. The maximum Gasteiger partial charge on any atom is 0.165 e. The monoisotopic (exact) mass is 354 g/mol. The van der Waals surface area contributed by atoms with E-state index in [1.165, 1.54) is 12.0 Å². The average Bonchev–Trinajstić information content (AvgIpc) is 2.48. The molecule has 0 saturated carbocycles. The van der Waals surface area contributed by atoms with Gasteiger partial charge < -0.3 is 14.6 Å². The molecule has 4 heteroatoms. The minimum Gasteiger partial charge on any atom is -0.392 e. The Kier molecular flexibility index (Phi) is 6.06. The second kappa shape index (κ2) is 7.22. The first kappa shape index (κ1) is 20.2. The van der Waals surface area contributed by atoms with Gasteiger partial charge in [-0.05, 0) is 43.6 Å². The van der Waals surface area contributed by atoms with Crippen molar-refractivity contribution in [2.45, 2.75) is 84.5 Å². The molecule has 0 aromatic carbocycles. The van der Waals surface area contributed by atoms with Crippen molar-refractivity contribution in [1.29, 1.82) is 0 Å². The highest BCUT2D eigenvalue weighted by Crippen LogP contribution is 2.40. The topological polar surface area (TPSA) is 38.7 Å². The zero-order valence-corrected chi connectivity index (χ0v) is 17.8. The Morgan fingerprint density at radius 3 is 2.33 bits per heavy atom. The van der Waals surface area contributed by atoms with E-state index in [-0.39, 0.29) is 11.1 Å². The summed E-state index contributed by atoms with van der Waals surface area (Å²) >= 11 is 0. The van der Waals surface area contributed by atoms with Crippen molar-refractivity contribution in [2.75, 3.05) is 13.2 Å². The largest absolute Gasteiger partial charge is 0.392 e. The van der Waals surface area contributed by atoms with E-state index < -0.39 is 13.9 Å². The van der Waals surface area contributed by atoms with Crippen LogP contribution < -0.4 is 0 Å². The second-order valence-corrected chi connectivity index (χ2v) is 15.3. The van der Waals surface area contributed by atoms with E-state index in [0.29, 0.717) is 11.8 Å². The number of hydrogen-bond donors (Lipinski definition) is 1. The van der Waals surface area contributed by atoms with Gasteiger partial charge in [-0.3, -0.25) is 0 Å². The Morgan fingerprint density at radius 2 is 1.79 bits per heavy atom. The van der Waals surface area contributed by atoms with Crippen molar-refractivity contribution in [3.05, 3.63) is 11.6 Å². The average molecular weight is 355 g/mol. The Balaban J connectivity index is 2.03. The lowest BCUT2D eigenvalue weighted by Gasteiger charge is -2.43. The molecule has 1 fully saturated rings. The molecule has 3 atom stereocenters. The molecule has 24 heavy (non-hydrogen) atoms. The van der Waals surface area contributed by atoms with E-state index in [9.17, 15) is 5.11 Å². The number of aliphatic hydroxyl groups excluding tert-OH is 1. The van der Waals surface area contributed by atoms with E-state index in [2.05, 4.69) is 53.4 Å². The first-order valence-corrected chi connectivity index (χ1v) is 13.2. The molecule has 2 rings (SSSR count). The summed E-state index contributed by atoms with van der Waals surface area (Å²) in [6.07, 6.45) is 6.58. The third kappa shape index (κ3) is 4.93. The summed E-state index contributed by atoms with van der Waals surface area (Å²) in [5.74, 6) is 0.612. The molecular weight excluding hydrogens is 316 g/mol. The summed E-state index contributed by atoms with van der Waals surface area (Å²) in [4.78, 5) is 0. The van der Waals surface area contributed by atoms with Gasteiger partial charge in [0.25, 0.3) is 0 Å². The third-order valence-corrected chi connectivity index (χ3v) is 7.67. The zero-order chi connectivity index (χ0) is 18.2. The van der Waals surface area contributed by atoms with Crippen molar-refractivity contribution in [3.8, 4) is 0 Å². The number of aliphatic hydroxyl groups is 1. The van der Waals surface area contributed by atoms with Gasteiger partial charge in [-0.15, -0.1) is 0 Å². The Morgan fingerprint density at radius 1 is 1.21 bits per heavy atom. The molecule has 1 saturated heterocycles. The number of hydrogen-bond acceptors (Lipinski definition) is 3. The van der Waals surface area contributed by atoms with Gasteiger partial charge in [-0.2, -0.15) is 0 Å². The molecule has 0 bridgehead atoms. The molecule has 0 spiro atoms. The summed E-state index contributed by atoms with van der Waals surface area (Å²) < 4.78 is 12.1. The lowest BCUT2D eigenvalue weighted by Crippen LogP contribution is -2.46. The Hall–Kier alpha value is -0.163. The molecule has 3 nitrogen and oxygen atoms in total. The van der Waals surface area contributed by atoms with Crippen LogP contribution >= 0.6 is 0 Å². The van der Waals surface area contributed by atoms with Crippen molar-refractivity contribution in [2.24, 2.45) is 17.3 Å². The molecule has 0 radical (unpaired) electrons. The molecule has 140 valence electrons. The highest BCUT2D eigenvalue weighted by atomic mass is 28.3. The van der Waals surface area contributed by atoms with Crippen molar-refractivity contribution >= 4 is 8.07 Å². The zero-order valence-electron chi connectivity index (χ0n) is 16.8. The molecule has 2 aliphatic rings. The summed E-state index contributed by atoms with van der Waals surface area (Å²) in [6.45, 7) is 17.1. The predicted molar refractivity (Wildman–Crippen MR) is 103 cm³/mol. The first-order valence-electron chi connectivity index (χ1n) is 9.59. The fourth-order valence-corrected chi connectivity index (χ4v) is 5.13. The van der Waals surface area contributed by atoms with E-state index in [4.69, 9.17) is 9.47 Å². The van der Waals surface area contributed by atoms with Crippen LogP contribution in [-0.4, -0.2) is 37.9 Å². The van der Waals surface area contributed by atoms with Crippen LogP contribution in [0.1, 0.15) is 53.4 Å². The van der Waals surface area contributed by atoms with E-state index in [1.807, 2.05) is 0 Å². The van der Waals surface area contributed by atoms with Gasteiger partial charge in [0, 0.05) is 11.8 Å². The van der Waals surface area contributed by atoms with Crippen LogP contribution in [0.25, 0.3) is 0 Å². The van der Waals surface area contributed by atoms with Gasteiger partial charge in [-0.25, -0.2) is 0 Å². The lowest BCUT2D eigenvalue weighted by molar-refractivity contribution is -0.293. The minimum atomic E-state index is -1.60.